The Bertz CT molecular complexity index is 1140. The summed E-state index contributed by atoms with van der Waals surface area (Å²) in [7, 11) is 0. The van der Waals surface area contributed by atoms with Crippen LogP contribution in [0, 0.1) is 5.92 Å². The van der Waals surface area contributed by atoms with Crippen molar-refractivity contribution < 1.29 is 18.8 Å². The van der Waals surface area contributed by atoms with Crippen LogP contribution in [-0.4, -0.2) is 59.4 Å². The summed E-state index contributed by atoms with van der Waals surface area (Å²) in [5.41, 5.74) is 7.44. The minimum atomic E-state index is -0.739. The summed E-state index contributed by atoms with van der Waals surface area (Å²) in [5, 5.41) is 2.30. The van der Waals surface area contributed by atoms with Crippen LogP contribution >= 0.6 is 0 Å². The van der Waals surface area contributed by atoms with Crippen molar-refractivity contribution in [3.63, 3.8) is 0 Å². The van der Waals surface area contributed by atoms with Crippen molar-refractivity contribution in [2.75, 3.05) is 31.1 Å². The highest BCUT2D eigenvalue weighted by atomic mass is 16.4. The smallest absolute Gasteiger partial charge is 0.408 e. The van der Waals surface area contributed by atoms with Gasteiger partial charge >= 0.3 is 5.76 Å². The lowest BCUT2D eigenvalue weighted by Crippen LogP contribution is -2.48. The molecule has 3 fully saturated rings. The minimum Gasteiger partial charge on any atom is -0.408 e. The highest BCUT2D eigenvalue weighted by molar-refractivity contribution is 6.00. The molecule has 1 unspecified atom stereocenters. The third-order valence-corrected chi connectivity index (χ3v) is 7.40. The second kappa shape index (κ2) is 8.66. The number of likely N-dealkylation sites (tertiary alicyclic amines) is 1. The molecule has 176 valence electrons. The van der Waals surface area contributed by atoms with Gasteiger partial charge in [-0.3, -0.25) is 24.3 Å². The van der Waals surface area contributed by atoms with Crippen LogP contribution < -0.4 is 21.7 Å². The van der Waals surface area contributed by atoms with E-state index < -0.39 is 17.7 Å². The summed E-state index contributed by atoms with van der Waals surface area (Å²) < 4.78 is 6.82. The van der Waals surface area contributed by atoms with Gasteiger partial charge in [0.05, 0.1) is 5.52 Å². The van der Waals surface area contributed by atoms with Crippen molar-refractivity contribution in [3.05, 3.63) is 28.7 Å². The number of carbonyl (C=O) groups excluding carboxylic acids is 3. The highest BCUT2D eigenvalue weighted by Crippen LogP contribution is 2.30. The largest absolute Gasteiger partial charge is 0.420 e. The van der Waals surface area contributed by atoms with E-state index >= 15 is 0 Å². The predicted molar refractivity (Wildman–Crippen MR) is 121 cm³/mol. The van der Waals surface area contributed by atoms with Gasteiger partial charge in [0.15, 0.2) is 5.58 Å². The molecule has 0 aliphatic carbocycles. The minimum absolute atomic E-state index is 0.00945. The Morgan fingerprint density at radius 2 is 1.73 bits per heavy atom. The molecule has 0 saturated carbocycles. The number of nitrogens with two attached hydrogens (primary N) is 1. The molecule has 5 rings (SSSR count). The second-order valence-electron chi connectivity index (χ2n) is 9.29. The van der Waals surface area contributed by atoms with Gasteiger partial charge in [0.1, 0.15) is 6.04 Å². The molecular formula is C23H29N5O5. The number of oxazole rings is 1. The fourth-order valence-corrected chi connectivity index (χ4v) is 5.48. The van der Waals surface area contributed by atoms with E-state index in [1.54, 1.807) is 0 Å². The molecule has 4 heterocycles. The number of anilines is 1. The van der Waals surface area contributed by atoms with Gasteiger partial charge in [-0.25, -0.2) is 4.79 Å². The van der Waals surface area contributed by atoms with Gasteiger partial charge in [-0.15, -0.1) is 0 Å². The van der Waals surface area contributed by atoms with Crippen LogP contribution in [0.25, 0.3) is 11.1 Å². The van der Waals surface area contributed by atoms with Crippen LogP contribution in [0.15, 0.2) is 27.4 Å². The summed E-state index contributed by atoms with van der Waals surface area (Å²) >= 11 is 0. The zero-order valence-corrected chi connectivity index (χ0v) is 18.5. The normalized spacial score (nSPS) is 23.8. The average molecular weight is 456 g/mol. The Hall–Kier alpha value is -3.14. The number of nitrogens with one attached hydrogen (secondary N) is 1. The lowest BCUT2D eigenvalue weighted by molar-refractivity contribution is -0.135. The number of piperidine rings is 3. The molecule has 3 saturated heterocycles. The van der Waals surface area contributed by atoms with E-state index in [4.69, 9.17) is 10.2 Å². The van der Waals surface area contributed by atoms with Gasteiger partial charge in [-0.2, -0.15) is 0 Å². The van der Waals surface area contributed by atoms with Crippen LogP contribution in [0.2, 0.25) is 0 Å². The number of nitrogens with zero attached hydrogens (tertiary/aromatic N) is 3. The number of amides is 3. The molecule has 33 heavy (non-hydrogen) atoms. The van der Waals surface area contributed by atoms with Crippen LogP contribution in [0.3, 0.4) is 0 Å². The molecule has 3 amide bonds. The van der Waals surface area contributed by atoms with Crippen LogP contribution in [-0.2, 0) is 14.4 Å². The number of fused-ring (bicyclic) bond motifs is 1. The van der Waals surface area contributed by atoms with Crippen molar-refractivity contribution >= 4 is 34.5 Å². The van der Waals surface area contributed by atoms with Gasteiger partial charge in [0.25, 0.3) is 0 Å². The molecule has 3 aliphatic rings. The maximum absolute atomic E-state index is 12.5. The van der Waals surface area contributed by atoms with Gasteiger partial charge in [-0.05, 0) is 57.3 Å². The Balaban J connectivity index is 1.26. The number of rotatable bonds is 4. The number of carbonyl (C=O) groups is 3. The van der Waals surface area contributed by atoms with Crippen molar-refractivity contribution in [1.29, 1.82) is 0 Å². The first-order chi connectivity index (χ1) is 15.9. The first kappa shape index (κ1) is 21.7. The molecule has 0 spiro atoms. The fourth-order valence-electron chi connectivity index (χ4n) is 5.48. The maximum Gasteiger partial charge on any atom is 0.420 e. The average Bonchev–Trinajstić information content (AvgIpc) is 3.14. The van der Waals surface area contributed by atoms with Crippen molar-refractivity contribution in [2.24, 2.45) is 11.7 Å². The third kappa shape index (κ3) is 4.15. The molecule has 10 heteroatoms. The Morgan fingerprint density at radius 1 is 1.00 bits per heavy atom. The van der Waals surface area contributed by atoms with Gasteiger partial charge < -0.3 is 20.0 Å². The summed E-state index contributed by atoms with van der Waals surface area (Å²) in [5.74, 6) is -1.55. The maximum atomic E-state index is 12.5. The lowest BCUT2D eigenvalue weighted by atomic mass is 9.93. The van der Waals surface area contributed by atoms with Crippen LogP contribution in [0.1, 0.15) is 44.6 Å². The summed E-state index contributed by atoms with van der Waals surface area (Å²) in [6.45, 7) is 3.63. The van der Waals surface area contributed by atoms with E-state index in [1.807, 2.05) is 18.2 Å². The summed E-state index contributed by atoms with van der Waals surface area (Å²) in [4.78, 5) is 52.4. The van der Waals surface area contributed by atoms with Crippen LogP contribution in [0.4, 0.5) is 5.69 Å². The molecule has 0 radical (unpaired) electrons. The van der Waals surface area contributed by atoms with E-state index in [0.29, 0.717) is 17.1 Å². The van der Waals surface area contributed by atoms with E-state index in [-0.39, 0.29) is 30.6 Å². The molecule has 10 nitrogen and oxygen atoms in total. The molecular weight excluding hydrogens is 426 g/mol. The zero-order chi connectivity index (χ0) is 23.1. The second-order valence-corrected chi connectivity index (χ2v) is 9.29. The van der Waals surface area contributed by atoms with Gasteiger partial charge in [0.2, 0.25) is 17.7 Å². The quantitative estimate of drug-likeness (QED) is 0.650. The number of hydrogen-bond donors (Lipinski definition) is 2. The molecule has 3 aliphatic heterocycles. The van der Waals surface area contributed by atoms with Gasteiger partial charge in [-0.1, -0.05) is 0 Å². The molecule has 2 aromatic rings. The van der Waals surface area contributed by atoms with Crippen LogP contribution in [0.5, 0.6) is 0 Å². The number of primary amides is 1. The highest BCUT2D eigenvalue weighted by Gasteiger charge is 2.32. The molecule has 1 aromatic heterocycles. The standard InChI is InChI=1S/C23H29N5O5/c24-21(30)14-5-9-26(10-6-14)15-7-11-27(12-8-15)16-1-2-17-19(13-16)33-23(32)28(17)18-3-4-20(29)25-22(18)31/h1-2,13-15,18H,3-12H2,(H2,24,30)(H,25,29,31). The third-order valence-electron chi connectivity index (χ3n) is 7.40. The molecule has 1 aromatic carbocycles. The Labute approximate surface area is 190 Å². The van der Waals surface area contributed by atoms with Crippen molar-refractivity contribution in [2.45, 2.75) is 50.6 Å². The lowest BCUT2D eigenvalue weighted by Gasteiger charge is -2.42. The first-order valence-electron chi connectivity index (χ1n) is 11.7. The summed E-state index contributed by atoms with van der Waals surface area (Å²) in [6.07, 6.45) is 4.22. The van der Waals surface area contributed by atoms with Gasteiger partial charge in [0, 0.05) is 43.2 Å². The SMILES string of the molecule is NC(=O)C1CCN(C2CCN(c3ccc4c(c3)oc(=O)n4C3CCC(=O)NC3=O)CC2)CC1. The first-order valence-corrected chi connectivity index (χ1v) is 11.7. The molecule has 3 N–H and O–H groups in total. The van der Waals surface area contributed by atoms with E-state index in [1.165, 1.54) is 4.57 Å². The van der Waals surface area contributed by atoms with E-state index in [0.717, 1.165) is 57.5 Å². The Morgan fingerprint density at radius 3 is 2.39 bits per heavy atom. The molecule has 0 bridgehead atoms. The van der Waals surface area contributed by atoms with Crippen molar-refractivity contribution in [1.82, 2.24) is 14.8 Å². The monoisotopic (exact) mass is 455 g/mol. The number of benzene rings is 1. The van der Waals surface area contributed by atoms with E-state index in [9.17, 15) is 19.2 Å². The topological polar surface area (TPSA) is 131 Å². The Kier molecular flexibility index (Phi) is 5.69. The number of hydrogen-bond acceptors (Lipinski definition) is 7. The zero-order valence-electron chi connectivity index (χ0n) is 18.5. The van der Waals surface area contributed by atoms with Crippen molar-refractivity contribution in [3.8, 4) is 0 Å². The number of imide groups is 1. The molecule has 1 atom stereocenters. The predicted octanol–water partition coefficient (Wildman–Crippen LogP) is 0.738. The fraction of sp³-hybridized carbons (Fsp3) is 0.565. The summed E-state index contributed by atoms with van der Waals surface area (Å²) in [6, 6.07) is 5.40. The van der Waals surface area contributed by atoms with E-state index in [2.05, 4.69) is 15.1 Å². The number of aromatic nitrogens is 1.